The molecule has 0 spiro atoms. The summed E-state index contributed by atoms with van der Waals surface area (Å²) >= 11 is 6.09. The van der Waals surface area contributed by atoms with Gasteiger partial charge in [0.1, 0.15) is 11.3 Å². The third kappa shape index (κ3) is 2.44. The molecule has 0 saturated carbocycles. The highest BCUT2D eigenvalue weighted by atomic mass is 35.5. The van der Waals surface area contributed by atoms with Crippen LogP contribution in [0.25, 0.3) is 11.2 Å². The summed E-state index contributed by atoms with van der Waals surface area (Å²) < 4.78 is 4.18. The molecule has 5 heteroatoms. The lowest BCUT2D eigenvalue weighted by Crippen LogP contribution is -2.09. The number of aryl methyl sites for hydroxylation is 3. The van der Waals surface area contributed by atoms with Crippen LogP contribution >= 0.6 is 11.6 Å². The Morgan fingerprint density at radius 2 is 2.05 bits per heavy atom. The monoisotopic (exact) mass is 302 g/mol. The second-order valence-corrected chi connectivity index (χ2v) is 5.58. The number of fused-ring (bicyclic) bond motifs is 1. The molecule has 0 fully saturated rings. The van der Waals surface area contributed by atoms with Gasteiger partial charge in [0, 0.05) is 6.54 Å². The van der Waals surface area contributed by atoms with Gasteiger partial charge in [0.15, 0.2) is 5.65 Å². The highest BCUT2D eigenvalue weighted by Gasteiger charge is 2.17. The van der Waals surface area contributed by atoms with E-state index in [2.05, 4.69) is 52.8 Å². The Balaban J connectivity index is 2.15. The van der Waals surface area contributed by atoms with Crippen molar-refractivity contribution in [3.05, 3.63) is 46.9 Å². The van der Waals surface area contributed by atoms with Crippen LogP contribution in [0.3, 0.4) is 0 Å². The molecule has 0 aliphatic heterocycles. The van der Waals surface area contributed by atoms with Crippen LogP contribution < -0.4 is 0 Å². The molecule has 0 N–H and O–H groups in total. The molecule has 0 aliphatic rings. The van der Waals surface area contributed by atoms with Gasteiger partial charge in [-0.3, -0.25) is 0 Å². The smallest absolute Gasteiger partial charge is 0.159 e. The van der Waals surface area contributed by atoms with Gasteiger partial charge >= 0.3 is 0 Å². The van der Waals surface area contributed by atoms with Crippen LogP contribution in [0.1, 0.15) is 29.6 Å². The summed E-state index contributed by atoms with van der Waals surface area (Å²) in [6.45, 7) is 7.79. The number of imidazole rings is 1. The zero-order chi connectivity index (χ0) is 15.0. The lowest BCUT2D eigenvalue weighted by Gasteiger charge is -2.10. The van der Waals surface area contributed by atoms with Crippen molar-refractivity contribution in [3.63, 3.8) is 0 Å². The highest BCUT2D eigenvalue weighted by Crippen LogP contribution is 2.22. The predicted molar refractivity (Wildman–Crippen MR) is 85.8 cm³/mol. The fourth-order valence-corrected chi connectivity index (χ4v) is 2.96. The second kappa shape index (κ2) is 5.53. The van der Waals surface area contributed by atoms with Crippen LogP contribution in [0.5, 0.6) is 0 Å². The van der Waals surface area contributed by atoms with E-state index in [4.69, 9.17) is 11.6 Å². The average Bonchev–Trinajstić information content (AvgIpc) is 2.97. The number of hydrogen-bond donors (Lipinski definition) is 0. The molecule has 0 unspecified atom stereocenters. The molecule has 0 saturated heterocycles. The summed E-state index contributed by atoms with van der Waals surface area (Å²) in [5.41, 5.74) is 5.49. The minimum Gasteiger partial charge on any atom is -0.307 e. The van der Waals surface area contributed by atoms with Gasteiger partial charge in [-0.15, -0.1) is 11.6 Å². The van der Waals surface area contributed by atoms with E-state index in [-0.39, 0.29) is 0 Å². The summed E-state index contributed by atoms with van der Waals surface area (Å²) in [4.78, 5) is 4.67. The van der Waals surface area contributed by atoms with Crippen LogP contribution in [0.4, 0.5) is 0 Å². The maximum absolute atomic E-state index is 6.09. The molecule has 2 heterocycles. The SMILES string of the molecule is CCn1nc(C)c2nc(CCl)n(Cc3cccc(C)c3)c21. The Bertz CT molecular complexity index is 785. The Labute approximate surface area is 129 Å². The van der Waals surface area contributed by atoms with Gasteiger partial charge in [-0.05, 0) is 26.3 Å². The van der Waals surface area contributed by atoms with E-state index in [9.17, 15) is 0 Å². The largest absolute Gasteiger partial charge is 0.307 e. The molecule has 3 rings (SSSR count). The minimum atomic E-state index is 0.406. The summed E-state index contributed by atoms with van der Waals surface area (Å²) in [6.07, 6.45) is 0. The molecule has 1 aromatic carbocycles. The fraction of sp³-hybridized carbons (Fsp3) is 0.375. The Morgan fingerprint density at radius 3 is 2.71 bits per heavy atom. The number of benzene rings is 1. The topological polar surface area (TPSA) is 35.6 Å². The Morgan fingerprint density at radius 1 is 1.24 bits per heavy atom. The lowest BCUT2D eigenvalue weighted by molar-refractivity contribution is 0.639. The molecule has 0 atom stereocenters. The molecule has 0 aliphatic carbocycles. The normalized spacial score (nSPS) is 11.4. The molecule has 21 heavy (non-hydrogen) atoms. The van der Waals surface area contributed by atoms with Crippen LogP contribution in [-0.2, 0) is 19.0 Å². The molecule has 0 amide bonds. The molecule has 0 radical (unpaired) electrons. The van der Waals surface area contributed by atoms with Gasteiger partial charge in [-0.1, -0.05) is 29.8 Å². The molecular weight excluding hydrogens is 284 g/mol. The van der Waals surface area contributed by atoms with Crippen molar-refractivity contribution in [3.8, 4) is 0 Å². The Hall–Kier alpha value is -1.81. The number of nitrogens with zero attached hydrogens (tertiary/aromatic N) is 4. The summed E-state index contributed by atoms with van der Waals surface area (Å²) in [7, 11) is 0. The van der Waals surface area contributed by atoms with Crippen molar-refractivity contribution < 1.29 is 0 Å². The Kier molecular flexibility index (Phi) is 3.72. The first kappa shape index (κ1) is 14.1. The van der Waals surface area contributed by atoms with Crippen molar-refractivity contribution in [2.75, 3.05) is 0 Å². The van der Waals surface area contributed by atoms with Crippen LogP contribution in [-0.4, -0.2) is 19.3 Å². The fourth-order valence-electron chi connectivity index (χ4n) is 2.75. The van der Waals surface area contributed by atoms with Crippen molar-refractivity contribution in [2.45, 2.75) is 39.7 Å². The summed E-state index contributed by atoms with van der Waals surface area (Å²) in [5, 5.41) is 4.55. The van der Waals surface area contributed by atoms with Gasteiger partial charge in [-0.25, -0.2) is 9.67 Å². The van der Waals surface area contributed by atoms with Crippen LogP contribution in [0.15, 0.2) is 24.3 Å². The van der Waals surface area contributed by atoms with Crippen LogP contribution in [0, 0.1) is 13.8 Å². The molecular formula is C16H19ClN4. The quantitative estimate of drug-likeness (QED) is 0.690. The van der Waals surface area contributed by atoms with Gasteiger partial charge in [0.2, 0.25) is 0 Å². The third-order valence-corrected chi connectivity index (χ3v) is 3.96. The minimum absolute atomic E-state index is 0.406. The van der Waals surface area contributed by atoms with Gasteiger partial charge < -0.3 is 4.57 Å². The van der Waals surface area contributed by atoms with E-state index in [1.165, 1.54) is 11.1 Å². The van der Waals surface area contributed by atoms with Crippen molar-refractivity contribution in [2.24, 2.45) is 0 Å². The van der Waals surface area contributed by atoms with E-state index < -0.39 is 0 Å². The number of halogens is 1. The van der Waals surface area contributed by atoms with E-state index in [1.54, 1.807) is 0 Å². The zero-order valence-electron chi connectivity index (χ0n) is 12.6. The van der Waals surface area contributed by atoms with E-state index in [1.807, 2.05) is 11.6 Å². The number of rotatable bonds is 4. The average molecular weight is 303 g/mol. The second-order valence-electron chi connectivity index (χ2n) is 5.31. The number of hydrogen-bond acceptors (Lipinski definition) is 2. The maximum Gasteiger partial charge on any atom is 0.159 e. The maximum atomic E-state index is 6.09. The van der Waals surface area contributed by atoms with Crippen molar-refractivity contribution in [1.82, 2.24) is 19.3 Å². The lowest BCUT2D eigenvalue weighted by atomic mass is 10.1. The predicted octanol–water partition coefficient (Wildman–Crippen LogP) is 3.66. The van der Waals surface area contributed by atoms with Crippen molar-refractivity contribution >= 4 is 22.8 Å². The van der Waals surface area contributed by atoms with Gasteiger partial charge in [0.05, 0.1) is 18.1 Å². The molecule has 4 nitrogen and oxygen atoms in total. The molecule has 2 aromatic heterocycles. The van der Waals surface area contributed by atoms with Crippen molar-refractivity contribution in [1.29, 1.82) is 0 Å². The molecule has 3 aromatic rings. The number of aromatic nitrogens is 4. The van der Waals surface area contributed by atoms with E-state index in [0.29, 0.717) is 5.88 Å². The summed E-state index contributed by atoms with van der Waals surface area (Å²) in [6, 6.07) is 8.52. The molecule has 110 valence electrons. The van der Waals surface area contributed by atoms with Gasteiger partial charge in [0.25, 0.3) is 0 Å². The summed E-state index contributed by atoms with van der Waals surface area (Å²) in [5.74, 6) is 1.31. The number of alkyl halides is 1. The first-order chi connectivity index (χ1) is 10.1. The standard InChI is InChI=1S/C16H19ClN4/c1-4-21-16-15(12(3)19-21)18-14(9-17)20(16)10-13-7-5-6-11(2)8-13/h5-8H,4,9-10H2,1-3H3. The first-order valence-corrected chi connectivity index (χ1v) is 7.71. The zero-order valence-corrected chi connectivity index (χ0v) is 13.4. The van der Waals surface area contributed by atoms with Crippen LogP contribution in [0.2, 0.25) is 0 Å². The first-order valence-electron chi connectivity index (χ1n) is 7.18. The van der Waals surface area contributed by atoms with Gasteiger partial charge in [-0.2, -0.15) is 5.10 Å². The molecule has 0 bridgehead atoms. The third-order valence-electron chi connectivity index (χ3n) is 3.72. The van der Waals surface area contributed by atoms with E-state index in [0.717, 1.165) is 35.8 Å². The van der Waals surface area contributed by atoms with E-state index >= 15 is 0 Å². The highest BCUT2D eigenvalue weighted by molar-refractivity contribution is 6.16.